The van der Waals surface area contributed by atoms with Gasteiger partial charge < -0.3 is 4.74 Å². The molecule has 0 saturated heterocycles. The van der Waals surface area contributed by atoms with Gasteiger partial charge in [0.25, 0.3) is 17.6 Å². The largest absolute Gasteiger partial charge is 0.481 e. The van der Waals surface area contributed by atoms with Gasteiger partial charge in [0.15, 0.2) is 6.10 Å². The van der Waals surface area contributed by atoms with E-state index in [1.54, 1.807) is 23.6 Å². The molecule has 1 N–H and O–H groups in total. The topological polar surface area (TPSA) is 81.4 Å². The van der Waals surface area contributed by atoms with Crippen LogP contribution in [0.15, 0.2) is 36.4 Å². The van der Waals surface area contributed by atoms with Gasteiger partial charge in [-0.1, -0.05) is 18.2 Å². The second-order valence-corrected chi connectivity index (χ2v) is 5.25. The van der Waals surface area contributed by atoms with Crippen LogP contribution >= 0.6 is 0 Å². The van der Waals surface area contributed by atoms with Gasteiger partial charge in [-0.3, -0.25) is 10.1 Å². The minimum absolute atomic E-state index is 0.208. The Morgan fingerprint density at radius 1 is 1.22 bits per heavy atom. The van der Waals surface area contributed by atoms with Gasteiger partial charge in [0.2, 0.25) is 0 Å². The molecule has 2 aromatic heterocycles. The van der Waals surface area contributed by atoms with Gasteiger partial charge in [-0.2, -0.15) is 9.50 Å². The van der Waals surface area contributed by atoms with E-state index in [4.69, 9.17) is 4.74 Å². The number of hydrogen-bond acceptors (Lipinski definition) is 5. The predicted molar refractivity (Wildman–Crippen MR) is 85.4 cm³/mol. The zero-order valence-electron chi connectivity index (χ0n) is 13.1. The van der Waals surface area contributed by atoms with Crippen molar-refractivity contribution < 1.29 is 9.53 Å². The normalized spacial score (nSPS) is 12.1. The number of ether oxygens (including phenoxy) is 1. The number of carbonyl (C=O) groups is 1. The Balaban J connectivity index is 1.73. The molecule has 1 aromatic carbocycles. The van der Waals surface area contributed by atoms with Gasteiger partial charge in [-0.15, -0.1) is 5.10 Å². The lowest BCUT2D eigenvalue weighted by molar-refractivity contribution is -0.122. The van der Waals surface area contributed by atoms with E-state index in [0.29, 0.717) is 11.5 Å². The van der Waals surface area contributed by atoms with Crippen molar-refractivity contribution in [3.63, 3.8) is 0 Å². The van der Waals surface area contributed by atoms with Crippen molar-refractivity contribution in [2.75, 3.05) is 5.32 Å². The highest BCUT2D eigenvalue weighted by molar-refractivity contribution is 5.92. The first-order chi connectivity index (χ1) is 11.0. The molecule has 3 rings (SSSR count). The number of nitrogens with one attached hydrogen (secondary N) is 1. The predicted octanol–water partition coefficient (Wildman–Crippen LogP) is 2.15. The molecule has 0 aliphatic carbocycles. The molecule has 0 spiro atoms. The third-order valence-corrected chi connectivity index (χ3v) is 3.28. The Morgan fingerprint density at radius 3 is 2.70 bits per heavy atom. The van der Waals surface area contributed by atoms with E-state index in [1.165, 1.54) is 0 Å². The summed E-state index contributed by atoms with van der Waals surface area (Å²) in [5.41, 5.74) is 1.75. The number of aromatic nitrogens is 4. The Kier molecular flexibility index (Phi) is 3.92. The van der Waals surface area contributed by atoms with Crippen molar-refractivity contribution >= 4 is 17.6 Å². The highest BCUT2D eigenvalue weighted by Crippen LogP contribution is 2.12. The molecule has 3 aromatic rings. The lowest BCUT2D eigenvalue weighted by atomic mass is 10.3. The maximum Gasteiger partial charge on any atom is 0.267 e. The molecule has 118 valence electrons. The highest BCUT2D eigenvalue weighted by atomic mass is 16.5. The van der Waals surface area contributed by atoms with Crippen LogP contribution in [-0.2, 0) is 4.79 Å². The molecular formula is C16H17N5O2. The Morgan fingerprint density at radius 2 is 1.96 bits per heavy atom. The second-order valence-electron chi connectivity index (χ2n) is 5.25. The molecular weight excluding hydrogens is 294 g/mol. The van der Waals surface area contributed by atoms with E-state index in [1.807, 2.05) is 38.1 Å². The first-order valence-electron chi connectivity index (χ1n) is 7.26. The zero-order chi connectivity index (χ0) is 16.4. The van der Waals surface area contributed by atoms with Crippen LogP contribution < -0.4 is 10.1 Å². The van der Waals surface area contributed by atoms with Crippen LogP contribution in [-0.4, -0.2) is 31.6 Å². The number of benzene rings is 1. The summed E-state index contributed by atoms with van der Waals surface area (Å²) in [5.74, 6) is 0.972. The number of fused-ring (bicyclic) bond motifs is 1. The van der Waals surface area contributed by atoms with E-state index >= 15 is 0 Å². The fourth-order valence-corrected chi connectivity index (χ4v) is 2.19. The number of anilines is 1. The van der Waals surface area contributed by atoms with Crippen LogP contribution in [0.5, 0.6) is 5.75 Å². The molecule has 0 bridgehead atoms. The van der Waals surface area contributed by atoms with Gasteiger partial charge in [-0.05, 0) is 39.0 Å². The molecule has 7 heteroatoms. The molecule has 0 unspecified atom stereocenters. The summed E-state index contributed by atoms with van der Waals surface area (Å²) < 4.78 is 7.16. The Hall–Kier alpha value is -2.96. The average molecular weight is 311 g/mol. The smallest absolute Gasteiger partial charge is 0.267 e. The van der Waals surface area contributed by atoms with Crippen molar-refractivity contribution in [1.29, 1.82) is 0 Å². The second kappa shape index (κ2) is 6.04. The molecule has 2 heterocycles. The summed E-state index contributed by atoms with van der Waals surface area (Å²) >= 11 is 0. The van der Waals surface area contributed by atoms with Crippen molar-refractivity contribution in [2.24, 2.45) is 0 Å². The van der Waals surface area contributed by atoms with Crippen LogP contribution in [0, 0.1) is 13.8 Å². The standard InChI is InChI=1S/C16H17N5O2/c1-10-9-11(2)21-16(17-10)19-15(20-21)18-14(22)12(3)23-13-7-5-4-6-8-13/h4-9,12H,1-3H3,(H,18,20,22)/t12-/m1/s1. The van der Waals surface area contributed by atoms with Crippen molar-refractivity contribution in [2.45, 2.75) is 26.9 Å². The van der Waals surface area contributed by atoms with E-state index < -0.39 is 6.10 Å². The molecule has 0 aliphatic heterocycles. The van der Waals surface area contributed by atoms with Crippen LogP contribution in [0.2, 0.25) is 0 Å². The molecule has 0 radical (unpaired) electrons. The molecule has 1 amide bonds. The van der Waals surface area contributed by atoms with E-state index in [9.17, 15) is 4.79 Å². The number of amides is 1. The van der Waals surface area contributed by atoms with Crippen LogP contribution in [0.1, 0.15) is 18.3 Å². The number of hydrogen-bond donors (Lipinski definition) is 1. The van der Waals surface area contributed by atoms with Crippen molar-refractivity contribution in [3.05, 3.63) is 47.8 Å². The van der Waals surface area contributed by atoms with Gasteiger partial charge >= 0.3 is 0 Å². The number of aryl methyl sites for hydroxylation is 2. The van der Waals surface area contributed by atoms with E-state index in [0.717, 1.165) is 11.4 Å². The summed E-state index contributed by atoms with van der Waals surface area (Å²) in [6.07, 6.45) is -0.667. The molecule has 0 saturated carbocycles. The monoisotopic (exact) mass is 311 g/mol. The third-order valence-electron chi connectivity index (χ3n) is 3.28. The number of carbonyl (C=O) groups excluding carboxylic acids is 1. The lowest BCUT2D eigenvalue weighted by Gasteiger charge is -2.13. The zero-order valence-corrected chi connectivity index (χ0v) is 13.1. The van der Waals surface area contributed by atoms with Crippen LogP contribution in [0.3, 0.4) is 0 Å². The molecule has 0 fully saturated rings. The third kappa shape index (κ3) is 3.28. The summed E-state index contributed by atoms with van der Waals surface area (Å²) in [6, 6.07) is 11.1. The van der Waals surface area contributed by atoms with Gasteiger partial charge in [0.1, 0.15) is 5.75 Å². The molecule has 7 nitrogen and oxygen atoms in total. The van der Waals surface area contributed by atoms with Gasteiger partial charge in [0, 0.05) is 11.4 Å². The first kappa shape index (κ1) is 15.0. The van der Waals surface area contributed by atoms with Crippen molar-refractivity contribution in [1.82, 2.24) is 19.6 Å². The quantitative estimate of drug-likeness (QED) is 0.798. The minimum atomic E-state index is -0.667. The molecule has 23 heavy (non-hydrogen) atoms. The van der Waals surface area contributed by atoms with Crippen LogP contribution in [0.25, 0.3) is 5.78 Å². The summed E-state index contributed by atoms with van der Waals surface area (Å²) in [4.78, 5) is 20.7. The number of nitrogens with zero attached hydrogens (tertiary/aromatic N) is 4. The lowest BCUT2D eigenvalue weighted by Crippen LogP contribution is -2.30. The SMILES string of the molecule is Cc1cc(C)n2nc(NC(=O)[C@@H](C)Oc3ccccc3)nc2n1. The van der Waals surface area contributed by atoms with Gasteiger partial charge in [0.05, 0.1) is 0 Å². The minimum Gasteiger partial charge on any atom is -0.481 e. The maximum absolute atomic E-state index is 12.2. The fourth-order valence-electron chi connectivity index (χ4n) is 2.19. The maximum atomic E-state index is 12.2. The fraction of sp³-hybridized carbons (Fsp3) is 0.250. The average Bonchev–Trinajstić information content (AvgIpc) is 2.91. The highest BCUT2D eigenvalue weighted by Gasteiger charge is 2.17. The first-order valence-corrected chi connectivity index (χ1v) is 7.26. The molecule has 1 atom stereocenters. The van der Waals surface area contributed by atoms with E-state index in [2.05, 4.69) is 20.4 Å². The van der Waals surface area contributed by atoms with Gasteiger partial charge in [-0.25, -0.2) is 4.98 Å². The Bertz CT molecular complexity index is 844. The summed E-state index contributed by atoms with van der Waals surface area (Å²) in [6.45, 7) is 5.46. The van der Waals surface area contributed by atoms with Crippen molar-refractivity contribution in [3.8, 4) is 5.75 Å². The summed E-state index contributed by atoms with van der Waals surface area (Å²) in [7, 11) is 0. The van der Waals surface area contributed by atoms with E-state index in [-0.39, 0.29) is 11.9 Å². The molecule has 0 aliphatic rings. The Labute approximate surface area is 133 Å². The number of para-hydroxylation sites is 1. The van der Waals surface area contributed by atoms with Crippen LogP contribution in [0.4, 0.5) is 5.95 Å². The number of rotatable bonds is 4. The summed E-state index contributed by atoms with van der Waals surface area (Å²) in [5, 5.41) is 6.89.